The number of quaternary nitrogens is 1. The molecule has 0 aromatic carbocycles. The van der Waals surface area contributed by atoms with E-state index in [2.05, 4.69) is 27.7 Å². The average molecular weight is 373 g/mol. The first-order valence-electron chi connectivity index (χ1n) is 12.1. The van der Waals surface area contributed by atoms with Gasteiger partial charge in [0.25, 0.3) is 0 Å². The molecule has 0 saturated carbocycles. The SMILES string of the molecule is CCCCCC[N+](CCCCCC)(CCCCCC)CCCCCC.O. The van der Waals surface area contributed by atoms with Crippen LogP contribution in [0, 0.1) is 0 Å². The Morgan fingerprint density at radius 2 is 0.577 bits per heavy atom. The van der Waals surface area contributed by atoms with E-state index in [0.29, 0.717) is 0 Å². The van der Waals surface area contributed by atoms with E-state index in [4.69, 9.17) is 0 Å². The lowest BCUT2D eigenvalue weighted by molar-refractivity contribution is -0.929. The topological polar surface area (TPSA) is 31.5 Å². The summed E-state index contributed by atoms with van der Waals surface area (Å²) < 4.78 is 1.46. The zero-order valence-corrected chi connectivity index (χ0v) is 19.1. The van der Waals surface area contributed by atoms with Crippen molar-refractivity contribution in [2.24, 2.45) is 0 Å². The maximum absolute atomic E-state index is 2.34. The lowest BCUT2D eigenvalue weighted by atomic mass is 10.1. The van der Waals surface area contributed by atoms with Crippen LogP contribution in [-0.2, 0) is 0 Å². The van der Waals surface area contributed by atoms with Crippen LogP contribution in [0.25, 0.3) is 0 Å². The molecule has 0 unspecified atom stereocenters. The van der Waals surface area contributed by atoms with Crippen LogP contribution < -0.4 is 0 Å². The lowest BCUT2D eigenvalue weighted by Crippen LogP contribution is -2.50. The normalized spacial score (nSPS) is 11.5. The van der Waals surface area contributed by atoms with Gasteiger partial charge >= 0.3 is 0 Å². The van der Waals surface area contributed by atoms with Crippen LogP contribution in [0.4, 0.5) is 0 Å². The highest BCUT2D eigenvalue weighted by molar-refractivity contribution is 4.53. The quantitative estimate of drug-likeness (QED) is 0.159. The van der Waals surface area contributed by atoms with Crippen molar-refractivity contribution < 1.29 is 9.96 Å². The Morgan fingerprint density at radius 3 is 0.769 bits per heavy atom. The molecule has 0 saturated heterocycles. The summed E-state index contributed by atoms with van der Waals surface area (Å²) in [5.74, 6) is 0. The van der Waals surface area contributed by atoms with E-state index in [1.165, 1.54) is 133 Å². The number of rotatable bonds is 20. The molecule has 2 nitrogen and oxygen atoms in total. The zero-order valence-electron chi connectivity index (χ0n) is 19.1. The summed E-state index contributed by atoms with van der Waals surface area (Å²) in [5, 5.41) is 0. The number of hydrogen-bond donors (Lipinski definition) is 0. The number of hydrogen-bond acceptors (Lipinski definition) is 0. The Balaban J connectivity index is 0. The van der Waals surface area contributed by atoms with Gasteiger partial charge in [0.2, 0.25) is 0 Å². The van der Waals surface area contributed by atoms with Gasteiger partial charge in [-0.2, -0.15) is 0 Å². The largest absolute Gasteiger partial charge is 0.412 e. The number of unbranched alkanes of at least 4 members (excludes halogenated alkanes) is 12. The molecule has 0 bridgehead atoms. The third-order valence-corrected chi connectivity index (χ3v) is 5.94. The standard InChI is InChI=1S/C24H52N.H2O/c1-5-9-13-17-21-25(22-18-14-10-6-2,23-19-15-11-7-3)24-20-16-12-8-4;/h5-24H2,1-4H3;1H2/q+1;. The lowest BCUT2D eigenvalue weighted by Gasteiger charge is -2.39. The Kier molecular flexibility index (Phi) is 23.0. The summed E-state index contributed by atoms with van der Waals surface area (Å²) in [5.41, 5.74) is 0. The molecule has 0 aliphatic carbocycles. The third-order valence-electron chi connectivity index (χ3n) is 5.94. The molecule has 160 valence electrons. The van der Waals surface area contributed by atoms with Crippen molar-refractivity contribution in [1.82, 2.24) is 0 Å². The Bertz CT molecular complexity index is 201. The molecule has 0 fully saturated rings. The molecule has 0 atom stereocenters. The van der Waals surface area contributed by atoms with E-state index in [0.717, 1.165) is 0 Å². The fourth-order valence-corrected chi connectivity index (χ4v) is 4.17. The first-order valence-corrected chi connectivity index (χ1v) is 12.1. The van der Waals surface area contributed by atoms with Crippen molar-refractivity contribution >= 4 is 0 Å². The molecule has 0 rings (SSSR count). The van der Waals surface area contributed by atoms with Crippen LogP contribution in [0.2, 0.25) is 0 Å². The second-order valence-electron chi connectivity index (χ2n) is 8.48. The first-order chi connectivity index (χ1) is 12.2. The molecule has 0 aromatic rings. The summed E-state index contributed by atoms with van der Waals surface area (Å²) >= 11 is 0. The van der Waals surface area contributed by atoms with Crippen molar-refractivity contribution in [2.75, 3.05) is 26.2 Å². The summed E-state index contributed by atoms with van der Waals surface area (Å²) in [4.78, 5) is 0. The Labute approximate surface area is 167 Å². The average Bonchev–Trinajstić information content (AvgIpc) is 2.63. The molecule has 26 heavy (non-hydrogen) atoms. The van der Waals surface area contributed by atoms with Crippen molar-refractivity contribution in [3.63, 3.8) is 0 Å². The number of nitrogens with zero attached hydrogens (tertiary/aromatic N) is 1. The molecule has 2 N–H and O–H groups in total. The summed E-state index contributed by atoms with van der Waals surface area (Å²) in [6.07, 6.45) is 22.8. The van der Waals surface area contributed by atoms with Gasteiger partial charge in [0.15, 0.2) is 0 Å². The van der Waals surface area contributed by atoms with Crippen LogP contribution in [0.3, 0.4) is 0 Å². The molecule has 0 aliphatic heterocycles. The summed E-state index contributed by atoms with van der Waals surface area (Å²) in [7, 11) is 0. The maximum atomic E-state index is 2.34. The van der Waals surface area contributed by atoms with Gasteiger partial charge in [-0.05, 0) is 51.4 Å². The van der Waals surface area contributed by atoms with Crippen LogP contribution in [-0.4, -0.2) is 36.1 Å². The molecule has 0 amide bonds. The van der Waals surface area contributed by atoms with Gasteiger partial charge in [-0.25, -0.2) is 0 Å². The predicted octanol–water partition coefficient (Wildman–Crippen LogP) is 7.30. The van der Waals surface area contributed by atoms with Crippen molar-refractivity contribution in [1.29, 1.82) is 0 Å². The van der Waals surface area contributed by atoms with Gasteiger partial charge in [0, 0.05) is 0 Å². The van der Waals surface area contributed by atoms with E-state index in [9.17, 15) is 0 Å². The molecule has 2 heteroatoms. The van der Waals surface area contributed by atoms with Crippen LogP contribution in [0.1, 0.15) is 130 Å². The predicted molar refractivity (Wildman–Crippen MR) is 120 cm³/mol. The van der Waals surface area contributed by atoms with Crippen molar-refractivity contribution in [3.05, 3.63) is 0 Å². The van der Waals surface area contributed by atoms with Gasteiger partial charge in [-0.3, -0.25) is 0 Å². The molecule has 0 aliphatic rings. The van der Waals surface area contributed by atoms with Crippen LogP contribution in [0.15, 0.2) is 0 Å². The Morgan fingerprint density at radius 1 is 0.346 bits per heavy atom. The maximum Gasteiger partial charge on any atom is 0.0786 e. The minimum absolute atomic E-state index is 0. The molecular formula is C24H54NO+. The van der Waals surface area contributed by atoms with E-state index < -0.39 is 0 Å². The molecule has 0 aromatic heterocycles. The van der Waals surface area contributed by atoms with E-state index in [-0.39, 0.29) is 5.48 Å². The highest BCUT2D eigenvalue weighted by Gasteiger charge is 2.25. The Hall–Kier alpha value is -0.0800. The minimum Gasteiger partial charge on any atom is -0.412 e. The van der Waals surface area contributed by atoms with Gasteiger partial charge < -0.3 is 9.96 Å². The monoisotopic (exact) mass is 372 g/mol. The van der Waals surface area contributed by atoms with Crippen LogP contribution >= 0.6 is 0 Å². The van der Waals surface area contributed by atoms with Gasteiger partial charge in [0.05, 0.1) is 26.2 Å². The van der Waals surface area contributed by atoms with Crippen molar-refractivity contribution in [3.8, 4) is 0 Å². The van der Waals surface area contributed by atoms with Crippen LogP contribution in [0.5, 0.6) is 0 Å². The van der Waals surface area contributed by atoms with E-state index in [1.807, 2.05) is 0 Å². The first kappa shape index (κ1) is 28.1. The fourth-order valence-electron chi connectivity index (χ4n) is 4.17. The van der Waals surface area contributed by atoms with Gasteiger partial charge in [0.1, 0.15) is 0 Å². The highest BCUT2D eigenvalue weighted by Crippen LogP contribution is 2.19. The second-order valence-corrected chi connectivity index (χ2v) is 8.48. The molecule has 0 heterocycles. The van der Waals surface area contributed by atoms with E-state index >= 15 is 0 Å². The second kappa shape index (κ2) is 21.2. The van der Waals surface area contributed by atoms with Crippen molar-refractivity contribution in [2.45, 2.75) is 130 Å². The summed E-state index contributed by atoms with van der Waals surface area (Å²) in [6, 6.07) is 0. The molecule has 0 spiro atoms. The molecule has 0 radical (unpaired) electrons. The van der Waals surface area contributed by atoms with Gasteiger partial charge in [-0.1, -0.05) is 79.1 Å². The molecular weight excluding hydrogens is 318 g/mol. The third kappa shape index (κ3) is 16.1. The van der Waals surface area contributed by atoms with Gasteiger partial charge in [-0.15, -0.1) is 0 Å². The zero-order chi connectivity index (χ0) is 18.6. The van der Waals surface area contributed by atoms with E-state index in [1.54, 1.807) is 0 Å². The smallest absolute Gasteiger partial charge is 0.0786 e. The highest BCUT2D eigenvalue weighted by atomic mass is 16.0. The minimum atomic E-state index is 0. The summed E-state index contributed by atoms with van der Waals surface area (Å²) in [6.45, 7) is 15.2. The fraction of sp³-hybridized carbons (Fsp3) is 1.00.